The molecule has 0 N–H and O–H groups in total. The minimum absolute atomic E-state index is 0.403. The van der Waals surface area contributed by atoms with Crippen molar-refractivity contribution in [2.24, 2.45) is 7.05 Å². The lowest BCUT2D eigenvalue weighted by molar-refractivity contribution is 0.653. The Morgan fingerprint density at radius 2 is 2.00 bits per heavy atom. The number of benzene rings is 1. The molecule has 0 amide bonds. The van der Waals surface area contributed by atoms with Gasteiger partial charge in [-0.3, -0.25) is 4.68 Å². The van der Waals surface area contributed by atoms with Gasteiger partial charge in [0.05, 0.1) is 0 Å². The molecule has 0 aliphatic rings. The molecule has 2 aromatic rings. The molecule has 0 unspecified atom stereocenters. The van der Waals surface area contributed by atoms with Crippen molar-refractivity contribution >= 4 is 15.9 Å². The topological polar surface area (TPSA) is 30.7 Å². The summed E-state index contributed by atoms with van der Waals surface area (Å²) >= 11 is 3.55. The van der Waals surface area contributed by atoms with Crippen LogP contribution < -0.4 is 0 Å². The van der Waals surface area contributed by atoms with Crippen molar-refractivity contribution in [2.45, 2.75) is 26.2 Å². The van der Waals surface area contributed by atoms with Gasteiger partial charge in [0.2, 0.25) is 0 Å². The SMILES string of the molecule is CC(C)c1nc(Cc2ccccc2Br)nn1C. The van der Waals surface area contributed by atoms with Crippen LogP contribution >= 0.6 is 15.9 Å². The second-order valence-corrected chi connectivity index (χ2v) is 5.29. The largest absolute Gasteiger partial charge is 0.253 e. The third-order valence-corrected chi connectivity index (χ3v) is 3.44. The van der Waals surface area contributed by atoms with E-state index >= 15 is 0 Å². The third-order valence-electron chi connectivity index (χ3n) is 2.66. The lowest BCUT2D eigenvalue weighted by atomic mass is 10.1. The Hall–Kier alpha value is -1.16. The van der Waals surface area contributed by atoms with Crippen LogP contribution in [0.5, 0.6) is 0 Å². The van der Waals surface area contributed by atoms with E-state index in [0.29, 0.717) is 5.92 Å². The van der Waals surface area contributed by atoms with Gasteiger partial charge in [-0.1, -0.05) is 48.0 Å². The molecule has 0 spiro atoms. The molecule has 0 saturated heterocycles. The molecule has 17 heavy (non-hydrogen) atoms. The summed E-state index contributed by atoms with van der Waals surface area (Å²) in [5.74, 6) is 2.32. The van der Waals surface area contributed by atoms with E-state index in [1.807, 2.05) is 29.9 Å². The Morgan fingerprint density at radius 1 is 1.29 bits per heavy atom. The highest BCUT2D eigenvalue weighted by Crippen LogP contribution is 2.19. The van der Waals surface area contributed by atoms with Crippen molar-refractivity contribution < 1.29 is 0 Å². The fourth-order valence-electron chi connectivity index (χ4n) is 1.84. The summed E-state index contributed by atoms with van der Waals surface area (Å²) in [5, 5.41) is 4.45. The van der Waals surface area contributed by atoms with Crippen LogP contribution in [-0.2, 0) is 13.5 Å². The summed E-state index contributed by atoms with van der Waals surface area (Å²) in [6.07, 6.45) is 0.766. The minimum atomic E-state index is 0.403. The highest BCUT2D eigenvalue weighted by atomic mass is 79.9. The smallest absolute Gasteiger partial charge is 0.155 e. The highest BCUT2D eigenvalue weighted by molar-refractivity contribution is 9.10. The predicted molar refractivity (Wildman–Crippen MR) is 72.0 cm³/mol. The standard InChI is InChI=1S/C13H16BrN3/c1-9(2)13-15-12(16-17(13)3)8-10-6-4-5-7-11(10)14/h4-7,9H,8H2,1-3H3. The van der Waals surface area contributed by atoms with E-state index in [1.54, 1.807) is 0 Å². The van der Waals surface area contributed by atoms with Gasteiger partial charge in [0, 0.05) is 23.9 Å². The molecule has 1 aromatic heterocycles. The van der Waals surface area contributed by atoms with E-state index in [4.69, 9.17) is 0 Å². The lowest BCUT2D eigenvalue weighted by Crippen LogP contribution is -2.00. The summed E-state index contributed by atoms with van der Waals surface area (Å²) in [6.45, 7) is 4.26. The Kier molecular flexibility index (Phi) is 3.62. The molecule has 0 saturated carbocycles. The van der Waals surface area contributed by atoms with E-state index in [0.717, 1.165) is 22.5 Å². The molecule has 3 nitrogen and oxygen atoms in total. The molecule has 0 aliphatic carbocycles. The second kappa shape index (κ2) is 5.00. The maximum Gasteiger partial charge on any atom is 0.155 e. The molecular formula is C13H16BrN3. The van der Waals surface area contributed by atoms with Crippen LogP contribution in [0.4, 0.5) is 0 Å². The molecule has 2 rings (SSSR count). The van der Waals surface area contributed by atoms with Gasteiger partial charge >= 0.3 is 0 Å². The molecule has 90 valence electrons. The average Bonchev–Trinajstić information content (AvgIpc) is 2.63. The van der Waals surface area contributed by atoms with Gasteiger partial charge in [-0.2, -0.15) is 5.10 Å². The number of halogens is 1. The molecule has 0 radical (unpaired) electrons. The Labute approximate surface area is 110 Å². The Morgan fingerprint density at radius 3 is 2.59 bits per heavy atom. The first-order valence-corrected chi connectivity index (χ1v) is 6.50. The summed E-state index contributed by atoms with van der Waals surface area (Å²) in [4.78, 5) is 4.58. The van der Waals surface area contributed by atoms with Crippen LogP contribution in [0, 0.1) is 0 Å². The molecule has 0 fully saturated rings. The van der Waals surface area contributed by atoms with Crippen LogP contribution in [0.3, 0.4) is 0 Å². The summed E-state index contributed by atoms with van der Waals surface area (Å²) in [6, 6.07) is 8.18. The summed E-state index contributed by atoms with van der Waals surface area (Å²) in [5.41, 5.74) is 1.22. The molecule has 0 bridgehead atoms. The van der Waals surface area contributed by atoms with Crippen LogP contribution in [0.25, 0.3) is 0 Å². The van der Waals surface area contributed by atoms with E-state index in [2.05, 4.69) is 45.9 Å². The van der Waals surface area contributed by atoms with Crippen molar-refractivity contribution in [3.63, 3.8) is 0 Å². The van der Waals surface area contributed by atoms with E-state index in [-0.39, 0.29) is 0 Å². The van der Waals surface area contributed by atoms with E-state index in [1.165, 1.54) is 5.56 Å². The molecule has 0 aliphatic heterocycles. The van der Waals surface area contributed by atoms with Crippen molar-refractivity contribution in [1.29, 1.82) is 0 Å². The van der Waals surface area contributed by atoms with Gasteiger partial charge in [0.1, 0.15) is 5.82 Å². The summed E-state index contributed by atoms with van der Waals surface area (Å²) < 4.78 is 2.98. The van der Waals surface area contributed by atoms with Gasteiger partial charge in [-0.15, -0.1) is 0 Å². The first kappa shape index (κ1) is 12.3. The maximum atomic E-state index is 4.58. The zero-order chi connectivity index (χ0) is 12.4. The first-order valence-electron chi connectivity index (χ1n) is 5.71. The van der Waals surface area contributed by atoms with E-state index in [9.17, 15) is 0 Å². The Balaban J connectivity index is 2.25. The minimum Gasteiger partial charge on any atom is -0.253 e. The number of rotatable bonds is 3. The maximum absolute atomic E-state index is 4.58. The lowest BCUT2D eigenvalue weighted by Gasteiger charge is -2.01. The number of hydrogen-bond acceptors (Lipinski definition) is 2. The fraction of sp³-hybridized carbons (Fsp3) is 0.385. The third kappa shape index (κ3) is 2.75. The summed E-state index contributed by atoms with van der Waals surface area (Å²) in [7, 11) is 1.95. The number of hydrogen-bond donors (Lipinski definition) is 0. The Bertz CT molecular complexity index is 517. The molecule has 0 atom stereocenters. The predicted octanol–water partition coefficient (Wildman–Crippen LogP) is 3.29. The molecular weight excluding hydrogens is 278 g/mol. The quantitative estimate of drug-likeness (QED) is 0.869. The van der Waals surface area contributed by atoms with Crippen molar-refractivity contribution in [3.8, 4) is 0 Å². The van der Waals surface area contributed by atoms with Gasteiger partial charge in [0.25, 0.3) is 0 Å². The highest BCUT2D eigenvalue weighted by Gasteiger charge is 2.11. The number of aryl methyl sites for hydroxylation is 1. The van der Waals surface area contributed by atoms with Crippen LogP contribution in [0.2, 0.25) is 0 Å². The number of aromatic nitrogens is 3. The van der Waals surface area contributed by atoms with Gasteiger partial charge < -0.3 is 0 Å². The van der Waals surface area contributed by atoms with Crippen molar-refractivity contribution in [2.75, 3.05) is 0 Å². The molecule has 1 heterocycles. The zero-order valence-electron chi connectivity index (χ0n) is 10.3. The second-order valence-electron chi connectivity index (χ2n) is 4.43. The van der Waals surface area contributed by atoms with Crippen LogP contribution in [0.15, 0.2) is 28.7 Å². The van der Waals surface area contributed by atoms with Crippen LogP contribution in [-0.4, -0.2) is 14.8 Å². The van der Waals surface area contributed by atoms with Gasteiger partial charge in [-0.25, -0.2) is 4.98 Å². The van der Waals surface area contributed by atoms with Crippen molar-refractivity contribution in [3.05, 3.63) is 46.0 Å². The number of nitrogens with zero attached hydrogens (tertiary/aromatic N) is 3. The normalized spacial score (nSPS) is 11.1. The van der Waals surface area contributed by atoms with E-state index < -0.39 is 0 Å². The fourth-order valence-corrected chi connectivity index (χ4v) is 2.27. The van der Waals surface area contributed by atoms with Crippen LogP contribution in [0.1, 0.15) is 37.0 Å². The van der Waals surface area contributed by atoms with Crippen molar-refractivity contribution in [1.82, 2.24) is 14.8 Å². The average molecular weight is 294 g/mol. The monoisotopic (exact) mass is 293 g/mol. The van der Waals surface area contributed by atoms with Gasteiger partial charge in [0.15, 0.2) is 5.82 Å². The molecule has 4 heteroatoms. The molecule has 1 aromatic carbocycles. The first-order chi connectivity index (χ1) is 8.08. The zero-order valence-corrected chi connectivity index (χ0v) is 11.9. The van der Waals surface area contributed by atoms with Gasteiger partial charge in [-0.05, 0) is 11.6 Å².